The van der Waals surface area contributed by atoms with Crippen molar-refractivity contribution in [2.24, 2.45) is 0 Å². The fourth-order valence-corrected chi connectivity index (χ4v) is 2.76. The molecule has 2 aliphatic heterocycles. The van der Waals surface area contributed by atoms with Crippen molar-refractivity contribution in [1.82, 2.24) is 20.1 Å². The van der Waals surface area contributed by atoms with Crippen LogP contribution in [0.5, 0.6) is 0 Å². The van der Waals surface area contributed by atoms with Crippen molar-refractivity contribution in [1.29, 1.82) is 0 Å². The molecule has 2 fully saturated rings. The molecule has 1 amide bonds. The van der Waals surface area contributed by atoms with Crippen LogP contribution in [0.2, 0.25) is 0 Å². The van der Waals surface area contributed by atoms with Gasteiger partial charge in [-0.1, -0.05) is 0 Å². The second-order valence-corrected chi connectivity index (χ2v) is 5.25. The van der Waals surface area contributed by atoms with Crippen LogP contribution in [0, 0.1) is 0 Å². The van der Waals surface area contributed by atoms with Crippen LogP contribution < -0.4 is 5.32 Å². The van der Waals surface area contributed by atoms with Crippen LogP contribution in [-0.2, 0) is 0 Å². The number of nitrogens with zero attached hydrogens (tertiary/aromatic N) is 3. The topological polar surface area (TPSA) is 48.5 Å². The molecule has 0 unspecified atom stereocenters. The van der Waals surface area contributed by atoms with Crippen molar-refractivity contribution in [3.63, 3.8) is 0 Å². The van der Waals surface area contributed by atoms with E-state index < -0.39 is 0 Å². The number of aromatic nitrogens is 1. The van der Waals surface area contributed by atoms with E-state index in [1.54, 1.807) is 12.4 Å². The van der Waals surface area contributed by atoms with Gasteiger partial charge in [0.15, 0.2) is 0 Å². The highest BCUT2D eigenvalue weighted by Crippen LogP contribution is 2.18. The summed E-state index contributed by atoms with van der Waals surface area (Å²) in [5, 5.41) is 3.41. The highest BCUT2D eigenvalue weighted by molar-refractivity contribution is 5.94. The Kier molecular flexibility index (Phi) is 3.75. The van der Waals surface area contributed by atoms with Crippen LogP contribution in [0.3, 0.4) is 0 Å². The molecule has 0 saturated carbocycles. The van der Waals surface area contributed by atoms with Gasteiger partial charge >= 0.3 is 0 Å². The molecule has 19 heavy (non-hydrogen) atoms. The number of carbonyl (C=O) groups is 1. The van der Waals surface area contributed by atoms with Crippen molar-refractivity contribution >= 4 is 5.91 Å². The number of carbonyl (C=O) groups excluding carboxylic acids is 1. The van der Waals surface area contributed by atoms with E-state index in [0.717, 1.165) is 39.3 Å². The molecule has 102 valence electrons. The normalized spacial score (nSPS) is 21.8. The van der Waals surface area contributed by atoms with E-state index in [9.17, 15) is 4.79 Å². The Labute approximate surface area is 113 Å². The Morgan fingerprint density at radius 3 is 3.00 bits per heavy atom. The Hall–Kier alpha value is -1.46. The number of amides is 1. The highest BCUT2D eigenvalue weighted by Gasteiger charge is 2.35. The molecular formula is C14H20N4O. The first-order chi connectivity index (χ1) is 9.34. The summed E-state index contributed by atoms with van der Waals surface area (Å²) in [4.78, 5) is 20.6. The van der Waals surface area contributed by atoms with Gasteiger partial charge in [0.2, 0.25) is 0 Å². The molecule has 3 rings (SSSR count). The SMILES string of the molecule is O=C(c1cccnc1)N1CC(N2CCCNCC2)C1. The van der Waals surface area contributed by atoms with Gasteiger partial charge in [0.25, 0.3) is 5.91 Å². The first-order valence-electron chi connectivity index (χ1n) is 6.98. The zero-order valence-corrected chi connectivity index (χ0v) is 11.1. The van der Waals surface area contributed by atoms with Gasteiger partial charge in [-0.05, 0) is 31.6 Å². The molecule has 0 bridgehead atoms. The fraction of sp³-hybridized carbons (Fsp3) is 0.571. The van der Waals surface area contributed by atoms with Crippen LogP contribution in [0.15, 0.2) is 24.5 Å². The van der Waals surface area contributed by atoms with Gasteiger partial charge in [0.1, 0.15) is 0 Å². The zero-order chi connectivity index (χ0) is 13.1. The van der Waals surface area contributed by atoms with Crippen molar-refractivity contribution in [3.8, 4) is 0 Å². The molecule has 3 heterocycles. The number of pyridine rings is 1. The Morgan fingerprint density at radius 2 is 2.21 bits per heavy atom. The minimum absolute atomic E-state index is 0.109. The predicted octanol–water partition coefficient (Wildman–Crippen LogP) is 0.201. The summed E-state index contributed by atoms with van der Waals surface area (Å²) in [6.45, 7) is 6.13. The average Bonchev–Trinajstić information content (AvgIpc) is 2.67. The lowest BCUT2D eigenvalue weighted by Crippen LogP contribution is -2.61. The van der Waals surface area contributed by atoms with E-state index in [1.165, 1.54) is 6.42 Å². The number of likely N-dealkylation sites (tertiary alicyclic amines) is 1. The van der Waals surface area contributed by atoms with E-state index in [2.05, 4.69) is 15.2 Å². The first-order valence-corrected chi connectivity index (χ1v) is 6.98. The van der Waals surface area contributed by atoms with Crippen LogP contribution in [-0.4, -0.2) is 66.0 Å². The lowest BCUT2D eigenvalue weighted by Gasteiger charge is -2.45. The number of rotatable bonds is 2. The number of hydrogen-bond acceptors (Lipinski definition) is 4. The van der Waals surface area contributed by atoms with Crippen molar-refractivity contribution in [3.05, 3.63) is 30.1 Å². The summed E-state index contributed by atoms with van der Waals surface area (Å²) in [5.41, 5.74) is 0.693. The predicted molar refractivity (Wildman–Crippen MR) is 73.0 cm³/mol. The monoisotopic (exact) mass is 260 g/mol. The molecule has 1 aromatic heterocycles. The molecule has 0 radical (unpaired) electrons. The van der Waals surface area contributed by atoms with E-state index in [0.29, 0.717) is 11.6 Å². The standard InChI is InChI=1S/C14H20N4O/c19-14(12-3-1-4-16-9-12)18-10-13(11-18)17-7-2-5-15-6-8-17/h1,3-4,9,13,15H,2,5-8,10-11H2. The third-order valence-electron chi connectivity index (χ3n) is 3.95. The zero-order valence-electron chi connectivity index (χ0n) is 11.1. The molecular weight excluding hydrogens is 240 g/mol. The molecule has 2 saturated heterocycles. The van der Waals surface area contributed by atoms with Crippen molar-refractivity contribution in [2.45, 2.75) is 12.5 Å². The van der Waals surface area contributed by atoms with Crippen LogP contribution in [0.1, 0.15) is 16.8 Å². The van der Waals surface area contributed by atoms with Crippen LogP contribution >= 0.6 is 0 Å². The summed E-state index contributed by atoms with van der Waals surface area (Å²) in [6.07, 6.45) is 4.54. The van der Waals surface area contributed by atoms with Crippen molar-refractivity contribution < 1.29 is 4.79 Å². The van der Waals surface area contributed by atoms with Gasteiger partial charge in [-0.15, -0.1) is 0 Å². The summed E-state index contributed by atoms with van der Waals surface area (Å²) < 4.78 is 0. The summed E-state index contributed by atoms with van der Waals surface area (Å²) >= 11 is 0. The smallest absolute Gasteiger partial charge is 0.255 e. The van der Waals surface area contributed by atoms with E-state index in [4.69, 9.17) is 0 Å². The van der Waals surface area contributed by atoms with Crippen LogP contribution in [0.25, 0.3) is 0 Å². The highest BCUT2D eigenvalue weighted by atomic mass is 16.2. The maximum atomic E-state index is 12.2. The second kappa shape index (κ2) is 5.67. The summed E-state index contributed by atoms with van der Waals surface area (Å²) in [5.74, 6) is 0.109. The molecule has 5 heteroatoms. The van der Waals surface area contributed by atoms with Gasteiger partial charge in [-0.2, -0.15) is 0 Å². The molecule has 0 atom stereocenters. The maximum absolute atomic E-state index is 12.2. The van der Waals surface area contributed by atoms with E-state index >= 15 is 0 Å². The van der Waals surface area contributed by atoms with Gasteiger partial charge in [-0.25, -0.2) is 0 Å². The summed E-state index contributed by atoms with van der Waals surface area (Å²) in [6, 6.07) is 4.18. The maximum Gasteiger partial charge on any atom is 0.255 e. The minimum Gasteiger partial charge on any atom is -0.335 e. The van der Waals surface area contributed by atoms with E-state index in [-0.39, 0.29) is 5.91 Å². The van der Waals surface area contributed by atoms with Gasteiger partial charge < -0.3 is 10.2 Å². The quantitative estimate of drug-likeness (QED) is 0.825. The van der Waals surface area contributed by atoms with Gasteiger partial charge in [0.05, 0.1) is 5.56 Å². The average molecular weight is 260 g/mol. The molecule has 1 aromatic rings. The van der Waals surface area contributed by atoms with Gasteiger partial charge in [-0.3, -0.25) is 14.7 Å². The van der Waals surface area contributed by atoms with Crippen molar-refractivity contribution in [2.75, 3.05) is 39.3 Å². The third kappa shape index (κ3) is 2.77. The van der Waals surface area contributed by atoms with E-state index in [1.807, 2.05) is 17.0 Å². The fourth-order valence-electron chi connectivity index (χ4n) is 2.76. The molecule has 0 spiro atoms. The minimum atomic E-state index is 0.109. The Bertz CT molecular complexity index is 422. The Morgan fingerprint density at radius 1 is 1.32 bits per heavy atom. The number of nitrogens with one attached hydrogen (secondary N) is 1. The first kappa shape index (κ1) is 12.6. The largest absolute Gasteiger partial charge is 0.335 e. The number of hydrogen-bond donors (Lipinski definition) is 1. The Balaban J connectivity index is 1.53. The lowest BCUT2D eigenvalue weighted by atomic mass is 10.1. The summed E-state index contributed by atoms with van der Waals surface area (Å²) in [7, 11) is 0. The molecule has 0 aliphatic carbocycles. The van der Waals surface area contributed by atoms with Gasteiger partial charge in [0, 0.05) is 44.6 Å². The molecule has 2 aliphatic rings. The molecule has 0 aromatic carbocycles. The molecule has 5 nitrogen and oxygen atoms in total. The second-order valence-electron chi connectivity index (χ2n) is 5.25. The third-order valence-corrected chi connectivity index (χ3v) is 3.95. The lowest BCUT2D eigenvalue weighted by molar-refractivity contribution is 0.0283. The molecule has 1 N–H and O–H groups in total. The van der Waals surface area contributed by atoms with Crippen LogP contribution in [0.4, 0.5) is 0 Å².